The summed E-state index contributed by atoms with van der Waals surface area (Å²) >= 11 is 0. The summed E-state index contributed by atoms with van der Waals surface area (Å²) in [5.74, 6) is -0.369. The number of ether oxygens (including phenoxy) is 2. The highest BCUT2D eigenvalue weighted by Gasteiger charge is 2.32. The highest BCUT2D eigenvalue weighted by atomic mass is 19.4. The molecule has 0 unspecified atom stereocenters. The molecular weight excluding hydrogens is 487 g/mol. The summed E-state index contributed by atoms with van der Waals surface area (Å²) in [6, 6.07) is 13.8. The van der Waals surface area contributed by atoms with Gasteiger partial charge in [-0.1, -0.05) is 30.3 Å². The second-order valence-electron chi connectivity index (χ2n) is 9.28. The molecule has 37 heavy (non-hydrogen) atoms. The minimum Gasteiger partial charge on any atom is -0.379 e. The highest BCUT2D eigenvalue weighted by Crippen LogP contribution is 2.29. The Labute approximate surface area is 214 Å². The van der Waals surface area contributed by atoms with Crippen LogP contribution < -0.4 is 0 Å². The van der Waals surface area contributed by atoms with Gasteiger partial charge < -0.3 is 19.3 Å². The van der Waals surface area contributed by atoms with Crippen molar-refractivity contribution >= 4 is 11.8 Å². The van der Waals surface area contributed by atoms with E-state index >= 15 is 0 Å². The Hall–Kier alpha value is -2.95. The van der Waals surface area contributed by atoms with Crippen molar-refractivity contribution in [3.05, 3.63) is 71.3 Å². The molecule has 0 N–H and O–H groups in total. The van der Waals surface area contributed by atoms with E-state index in [1.165, 1.54) is 12.1 Å². The molecule has 200 valence electrons. The molecule has 2 amide bonds. The van der Waals surface area contributed by atoms with E-state index in [1.807, 2.05) is 30.3 Å². The lowest BCUT2D eigenvalue weighted by Crippen LogP contribution is -2.52. The summed E-state index contributed by atoms with van der Waals surface area (Å²) < 4.78 is 50.0. The fraction of sp³-hybridized carbons (Fsp3) is 0.481. The molecule has 1 atom stereocenters. The number of carbonyl (C=O) groups is 2. The van der Waals surface area contributed by atoms with Crippen molar-refractivity contribution in [2.24, 2.45) is 0 Å². The minimum absolute atomic E-state index is 0.0192. The van der Waals surface area contributed by atoms with Crippen LogP contribution >= 0.6 is 0 Å². The van der Waals surface area contributed by atoms with Crippen molar-refractivity contribution in [3.63, 3.8) is 0 Å². The molecular formula is C27H32F3N3O4. The first-order valence-electron chi connectivity index (χ1n) is 12.5. The van der Waals surface area contributed by atoms with E-state index < -0.39 is 17.8 Å². The van der Waals surface area contributed by atoms with Gasteiger partial charge in [-0.15, -0.1) is 0 Å². The zero-order valence-electron chi connectivity index (χ0n) is 20.7. The van der Waals surface area contributed by atoms with Crippen LogP contribution in [-0.4, -0.2) is 98.3 Å². The molecule has 0 aliphatic carbocycles. The second-order valence-corrected chi connectivity index (χ2v) is 9.28. The summed E-state index contributed by atoms with van der Waals surface area (Å²) in [5, 5.41) is 0. The number of halogens is 3. The largest absolute Gasteiger partial charge is 0.416 e. The molecule has 2 aliphatic heterocycles. The molecule has 2 aliphatic rings. The van der Waals surface area contributed by atoms with Crippen LogP contribution in [0.4, 0.5) is 13.2 Å². The summed E-state index contributed by atoms with van der Waals surface area (Å²) in [6.45, 7) is 5.42. The van der Waals surface area contributed by atoms with E-state index in [4.69, 9.17) is 9.47 Å². The molecule has 10 heteroatoms. The van der Waals surface area contributed by atoms with Gasteiger partial charge in [0, 0.05) is 51.4 Å². The van der Waals surface area contributed by atoms with Crippen LogP contribution in [-0.2, 0) is 26.9 Å². The van der Waals surface area contributed by atoms with Gasteiger partial charge >= 0.3 is 6.18 Å². The van der Waals surface area contributed by atoms with Crippen molar-refractivity contribution < 1.29 is 32.2 Å². The van der Waals surface area contributed by atoms with Crippen LogP contribution in [0.3, 0.4) is 0 Å². The Bertz CT molecular complexity index is 1030. The molecule has 0 radical (unpaired) electrons. The van der Waals surface area contributed by atoms with Gasteiger partial charge in [0.2, 0.25) is 5.91 Å². The van der Waals surface area contributed by atoms with Crippen LogP contribution in [0.15, 0.2) is 54.6 Å². The fourth-order valence-corrected chi connectivity index (χ4v) is 4.53. The number of alkyl halides is 3. The monoisotopic (exact) mass is 519 g/mol. The average Bonchev–Trinajstić information content (AvgIpc) is 2.91. The number of benzene rings is 2. The van der Waals surface area contributed by atoms with E-state index in [9.17, 15) is 22.8 Å². The maximum Gasteiger partial charge on any atom is 0.416 e. The number of nitrogens with zero attached hydrogens (tertiary/aromatic N) is 3. The summed E-state index contributed by atoms with van der Waals surface area (Å²) in [4.78, 5) is 31.9. The van der Waals surface area contributed by atoms with Crippen LogP contribution in [0.25, 0.3) is 0 Å². The van der Waals surface area contributed by atoms with Crippen molar-refractivity contribution in [2.45, 2.75) is 18.7 Å². The average molecular weight is 520 g/mol. The molecule has 2 saturated heterocycles. The predicted octanol–water partition coefficient (Wildman–Crippen LogP) is 2.95. The van der Waals surface area contributed by atoms with Gasteiger partial charge in [0.05, 0.1) is 37.9 Å². The first-order chi connectivity index (χ1) is 17.8. The molecule has 0 bridgehead atoms. The smallest absolute Gasteiger partial charge is 0.379 e. The van der Waals surface area contributed by atoms with Gasteiger partial charge in [0.1, 0.15) is 0 Å². The molecule has 4 rings (SSSR count). The van der Waals surface area contributed by atoms with E-state index in [0.29, 0.717) is 46.0 Å². The number of amides is 2. The van der Waals surface area contributed by atoms with Crippen LogP contribution in [0.1, 0.15) is 21.5 Å². The first-order valence-corrected chi connectivity index (χ1v) is 12.5. The molecule has 2 heterocycles. The molecule has 0 spiro atoms. The van der Waals surface area contributed by atoms with Gasteiger partial charge in [-0.3, -0.25) is 14.5 Å². The molecule has 0 aromatic heterocycles. The Morgan fingerprint density at radius 3 is 2.32 bits per heavy atom. The van der Waals surface area contributed by atoms with Crippen molar-refractivity contribution in [2.75, 3.05) is 65.6 Å². The second kappa shape index (κ2) is 12.5. The lowest BCUT2D eigenvalue weighted by atomic mass is 10.1. The maximum atomic E-state index is 13.3. The minimum atomic E-state index is -4.46. The quantitative estimate of drug-likeness (QED) is 0.537. The number of rotatable bonds is 8. The first kappa shape index (κ1) is 27.1. The van der Waals surface area contributed by atoms with Gasteiger partial charge in [-0.05, 0) is 29.8 Å². The molecule has 2 aromatic carbocycles. The van der Waals surface area contributed by atoms with Gasteiger partial charge in [-0.2, -0.15) is 13.2 Å². The molecule has 7 nitrogen and oxygen atoms in total. The van der Waals surface area contributed by atoms with Crippen molar-refractivity contribution in [1.29, 1.82) is 0 Å². The van der Waals surface area contributed by atoms with Crippen LogP contribution in [0, 0.1) is 0 Å². The van der Waals surface area contributed by atoms with E-state index in [1.54, 1.807) is 9.80 Å². The Morgan fingerprint density at radius 2 is 1.65 bits per heavy atom. The third kappa shape index (κ3) is 7.77. The number of hydrogen-bond acceptors (Lipinski definition) is 5. The summed E-state index contributed by atoms with van der Waals surface area (Å²) in [7, 11) is 0. The maximum absolute atomic E-state index is 13.3. The fourth-order valence-electron chi connectivity index (χ4n) is 4.53. The number of morpholine rings is 2. The standard InChI is InChI=1S/C27H32F3N3O4/c28-27(29,30)23-8-6-22(7-9-23)26(35)33-14-17-37-24(20-33)19-32(11-10-31-12-15-36-16-13-31)25(34)18-21-4-2-1-3-5-21/h1-9,24H,10-20H2/t24-/m0/s1. The number of carbonyl (C=O) groups excluding carboxylic acids is 2. The number of hydrogen-bond donors (Lipinski definition) is 0. The van der Waals surface area contributed by atoms with E-state index in [2.05, 4.69) is 4.90 Å². The zero-order valence-corrected chi connectivity index (χ0v) is 20.7. The van der Waals surface area contributed by atoms with Gasteiger partial charge in [-0.25, -0.2) is 0 Å². The third-order valence-corrected chi connectivity index (χ3v) is 6.65. The van der Waals surface area contributed by atoms with Crippen molar-refractivity contribution in [3.8, 4) is 0 Å². The zero-order chi connectivity index (χ0) is 26.3. The normalized spacial score (nSPS) is 19.0. The summed E-state index contributed by atoms with van der Waals surface area (Å²) in [5.41, 5.74) is 0.322. The molecule has 0 saturated carbocycles. The lowest BCUT2D eigenvalue weighted by molar-refractivity contribution is -0.137. The Kier molecular flexibility index (Phi) is 9.18. The predicted molar refractivity (Wildman–Crippen MR) is 131 cm³/mol. The third-order valence-electron chi connectivity index (χ3n) is 6.65. The SMILES string of the molecule is O=C(Cc1ccccc1)N(CCN1CCOCC1)C[C@H]1CN(C(=O)c2ccc(C(F)(F)F)cc2)CCO1. The Balaban J connectivity index is 1.39. The highest BCUT2D eigenvalue weighted by molar-refractivity contribution is 5.94. The van der Waals surface area contributed by atoms with E-state index in [0.717, 1.165) is 30.8 Å². The molecule has 2 aromatic rings. The molecule has 2 fully saturated rings. The van der Waals surface area contributed by atoms with Crippen LogP contribution in [0.5, 0.6) is 0 Å². The Morgan fingerprint density at radius 1 is 0.946 bits per heavy atom. The van der Waals surface area contributed by atoms with Gasteiger partial charge in [0.15, 0.2) is 0 Å². The topological polar surface area (TPSA) is 62.3 Å². The van der Waals surface area contributed by atoms with Crippen molar-refractivity contribution in [1.82, 2.24) is 14.7 Å². The lowest BCUT2D eigenvalue weighted by Gasteiger charge is -2.37. The van der Waals surface area contributed by atoms with E-state index in [-0.39, 0.29) is 30.3 Å². The van der Waals surface area contributed by atoms with Crippen LogP contribution in [0.2, 0.25) is 0 Å². The summed E-state index contributed by atoms with van der Waals surface area (Å²) in [6.07, 6.45) is -4.58. The van der Waals surface area contributed by atoms with Gasteiger partial charge in [0.25, 0.3) is 5.91 Å².